The molecule has 0 spiro atoms. The van der Waals surface area contributed by atoms with Crippen LogP contribution in [0.5, 0.6) is 0 Å². The van der Waals surface area contributed by atoms with Gasteiger partial charge in [-0.25, -0.2) is 0 Å². The average molecular weight is 445 g/mol. The van der Waals surface area contributed by atoms with Crippen LogP contribution in [-0.4, -0.2) is 36.4 Å². The Hall–Kier alpha value is -1.49. The first-order valence-corrected chi connectivity index (χ1v) is 12.4. The van der Waals surface area contributed by atoms with E-state index in [2.05, 4.69) is 20.8 Å². The van der Waals surface area contributed by atoms with Crippen LogP contribution in [-0.2, 0) is 19.1 Å². The summed E-state index contributed by atoms with van der Waals surface area (Å²) in [7, 11) is 0. The second kappa shape index (κ2) is 7.78. The number of rotatable bonds is 4. The number of hydrogen-bond acceptors (Lipinski definition) is 5. The number of carbonyl (C=O) groups is 3. The van der Waals surface area contributed by atoms with Crippen molar-refractivity contribution in [1.29, 1.82) is 0 Å². The van der Waals surface area contributed by atoms with Gasteiger partial charge < -0.3 is 14.6 Å². The van der Waals surface area contributed by atoms with E-state index in [1.807, 2.05) is 13.0 Å². The molecule has 4 aliphatic carbocycles. The van der Waals surface area contributed by atoms with Crippen molar-refractivity contribution in [2.24, 2.45) is 45.3 Å². The number of hydrogen-bond donors (Lipinski definition) is 1. The molecule has 4 rings (SSSR count). The van der Waals surface area contributed by atoms with Crippen LogP contribution in [0.4, 0.5) is 0 Å². The van der Waals surface area contributed by atoms with E-state index in [0.717, 1.165) is 51.1 Å². The predicted octanol–water partition coefficient (Wildman–Crippen LogP) is 4.51. The van der Waals surface area contributed by atoms with Crippen LogP contribution in [0.2, 0.25) is 0 Å². The summed E-state index contributed by atoms with van der Waals surface area (Å²) in [5.74, 6) is 0.157. The molecule has 0 aromatic heterocycles. The Balaban J connectivity index is 1.74. The lowest BCUT2D eigenvalue weighted by Gasteiger charge is -2.70. The Morgan fingerprint density at radius 3 is 2.41 bits per heavy atom. The number of aliphatic hydroxyl groups is 1. The van der Waals surface area contributed by atoms with Crippen LogP contribution in [0.15, 0.2) is 11.6 Å². The maximum atomic E-state index is 12.2. The van der Waals surface area contributed by atoms with Crippen LogP contribution in [0.3, 0.4) is 0 Å². The molecule has 9 atom stereocenters. The Kier molecular flexibility index (Phi) is 5.76. The molecule has 0 aromatic carbocycles. The highest BCUT2D eigenvalue weighted by atomic mass is 16.5. The van der Waals surface area contributed by atoms with Crippen molar-refractivity contribution in [3.05, 3.63) is 11.6 Å². The van der Waals surface area contributed by atoms with Crippen LogP contribution >= 0.6 is 0 Å². The molecule has 3 fully saturated rings. The van der Waals surface area contributed by atoms with Gasteiger partial charge in [-0.3, -0.25) is 9.59 Å². The number of carbonyl (C=O) groups excluding carboxylic acids is 3. The van der Waals surface area contributed by atoms with E-state index in [4.69, 9.17) is 4.74 Å². The van der Waals surface area contributed by atoms with Gasteiger partial charge in [0, 0.05) is 17.8 Å². The fraction of sp³-hybridized carbons (Fsp3) is 0.815. The van der Waals surface area contributed by atoms with Gasteiger partial charge in [-0.05, 0) is 72.7 Å². The molecular formula is C27H40O5. The minimum Gasteiger partial charge on any atom is -0.465 e. The summed E-state index contributed by atoms with van der Waals surface area (Å²) in [6.07, 6.45) is 9.83. The van der Waals surface area contributed by atoms with Gasteiger partial charge in [-0.1, -0.05) is 40.2 Å². The third kappa shape index (κ3) is 3.09. The molecule has 5 heteroatoms. The molecular weight excluding hydrogens is 404 g/mol. The van der Waals surface area contributed by atoms with E-state index in [1.54, 1.807) is 0 Å². The standard InChI is InChI=1S/C27H40O5/c1-17(30)32-16-24(2)10-6-11-25(3)20(24)9-12-26(4)21-8-7-18(14-28)19(15-29)27(21,5)23(31)13-22(25)26/h7,14-15,19-23,31H,6,8-13,16H2,1-5H3/t19-,20-,21-,22+,23+,24-,25-,26-,27+/m0/s1. The molecule has 0 aliphatic heterocycles. The lowest BCUT2D eigenvalue weighted by molar-refractivity contribution is -0.236. The molecule has 3 saturated carbocycles. The highest BCUT2D eigenvalue weighted by Crippen LogP contribution is 2.72. The molecule has 178 valence electrons. The summed E-state index contributed by atoms with van der Waals surface area (Å²) in [4.78, 5) is 35.4. The summed E-state index contributed by atoms with van der Waals surface area (Å²) < 4.78 is 5.55. The third-order valence-corrected chi connectivity index (χ3v) is 10.9. The first-order valence-electron chi connectivity index (χ1n) is 12.4. The SMILES string of the molecule is CC(=O)OC[C@]1(C)CCC[C@]2(C)[C@H]3C[C@@H](O)[C@]4(C)[C@@H](C=O)C(C=O)=CC[C@H]4[C@]3(C)CC[C@@H]12. The van der Waals surface area contributed by atoms with Crippen molar-refractivity contribution in [3.63, 3.8) is 0 Å². The first kappa shape index (κ1) is 23.7. The van der Waals surface area contributed by atoms with E-state index >= 15 is 0 Å². The van der Waals surface area contributed by atoms with Gasteiger partial charge in [0.25, 0.3) is 0 Å². The summed E-state index contributed by atoms with van der Waals surface area (Å²) in [6.45, 7) is 11.1. The average Bonchev–Trinajstić information content (AvgIpc) is 2.73. The lowest BCUT2D eigenvalue weighted by Crippen LogP contribution is -2.66. The molecule has 0 amide bonds. The molecule has 0 aromatic rings. The van der Waals surface area contributed by atoms with E-state index in [1.165, 1.54) is 6.92 Å². The summed E-state index contributed by atoms with van der Waals surface area (Å²) >= 11 is 0. The molecule has 0 unspecified atom stereocenters. The summed E-state index contributed by atoms with van der Waals surface area (Å²) in [5, 5.41) is 11.6. The fourth-order valence-corrected chi connectivity index (χ4v) is 9.34. The lowest BCUT2D eigenvalue weighted by atomic mass is 9.34. The van der Waals surface area contributed by atoms with E-state index < -0.39 is 17.4 Å². The zero-order valence-electron chi connectivity index (χ0n) is 20.4. The van der Waals surface area contributed by atoms with Gasteiger partial charge >= 0.3 is 5.97 Å². The molecule has 32 heavy (non-hydrogen) atoms. The summed E-state index contributed by atoms with van der Waals surface area (Å²) in [6, 6.07) is 0. The third-order valence-electron chi connectivity index (χ3n) is 10.9. The molecule has 0 saturated heterocycles. The van der Waals surface area contributed by atoms with Crippen molar-refractivity contribution in [2.45, 2.75) is 85.7 Å². The van der Waals surface area contributed by atoms with Crippen molar-refractivity contribution in [2.75, 3.05) is 6.61 Å². The first-order chi connectivity index (χ1) is 15.0. The molecule has 5 nitrogen and oxygen atoms in total. The Morgan fingerprint density at radius 1 is 1.09 bits per heavy atom. The fourth-order valence-electron chi connectivity index (χ4n) is 9.34. The second-order valence-corrected chi connectivity index (χ2v) is 12.3. The van der Waals surface area contributed by atoms with Crippen molar-refractivity contribution >= 4 is 18.5 Å². The van der Waals surface area contributed by atoms with E-state index in [0.29, 0.717) is 30.4 Å². The van der Waals surface area contributed by atoms with Crippen molar-refractivity contribution < 1.29 is 24.2 Å². The monoisotopic (exact) mass is 444 g/mol. The van der Waals surface area contributed by atoms with E-state index in [-0.39, 0.29) is 28.1 Å². The van der Waals surface area contributed by atoms with Crippen LogP contribution in [0.25, 0.3) is 0 Å². The molecule has 0 bridgehead atoms. The molecule has 4 aliphatic rings. The number of aldehydes is 2. The quantitative estimate of drug-likeness (QED) is 0.510. The zero-order valence-corrected chi connectivity index (χ0v) is 20.4. The van der Waals surface area contributed by atoms with Gasteiger partial charge in [-0.2, -0.15) is 0 Å². The van der Waals surface area contributed by atoms with Crippen molar-refractivity contribution in [3.8, 4) is 0 Å². The highest BCUT2D eigenvalue weighted by molar-refractivity contribution is 5.82. The normalized spacial score (nSPS) is 50.2. The number of ether oxygens (including phenoxy) is 1. The van der Waals surface area contributed by atoms with Crippen LogP contribution in [0.1, 0.15) is 79.6 Å². The number of esters is 1. The second-order valence-electron chi connectivity index (χ2n) is 12.3. The topological polar surface area (TPSA) is 80.7 Å². The predicted molar refractivity (Wildman–Crippen MR) is 122 cm³/mol. The maximum absolute atomic E-state index is 12.2. The van der Waals surface area contributed by atoms with Crippen LogP contribution < -0.4 is 0 Å². The Labute approximate surface area is 192 Å². The largest absolute Gasteiger partial charge is 0.465 e. The van der Waals surface area contributed by atoms with E-state index in [9.17, 15) is 19.5 Å². The molecule has 0 heterocycles. The molecule has 0 radical (unpaired) electrons. The van der Waals surface area contributed by atoms with Gasteiger partial charge in [0.2, 0.25) is 0 Å². The molecule has 1 N–H and O–H groups in total. The number of fused-ring (bicyclic) bond motifs is 5. The highest BCUT2D eigenvalue weighted by Gasteiger charge is 2.68. The van der Waals surface area contributed by atoms with Gasteiger partial charge in [0.15, 0.2) is 0 Å². The smallest absolute Gasteiger partial charge is 0.302 e. The minimum absolute atomic E-state index is 0.00884. The van der Waals surface area contributed by atoms with Crippen LogP contribution in [0, 0.1) is 45.3 Å². The van der Waals surface area contributed by atoms with Crippen molar-refractivity contribution in [1.82, 2.24) is 0 Å². The minimum atomic E-state index is -0.623. The zero-order chi connectivity index (χ0) is 23.5. The van der Waals surface area contributed by atoms with Gasteiger partial charge in [0.1, 0.15) is 12.6 Å². The Bertz CT molecular complexity index is 834. The maximum Gasteiger partial charge on any atom is 0.302 e. The Morgan fingerprint density at radius 2 is 1.78 bits per heavy atom. The van der Waals surface area contributed by atoms with Gasteiger partial charge in [0.05, 0.1) is 18.6 Å². The number of allylic oxidation sites excluding steroid dienone is 2. The summed E-state index contributed by atoms with van der Waals surface area (Å²) in [5.41, 5.74) is -0.0874. The number of aliphatic hydroxyl groups excluding tert-OH is 1. The van der Waals surface area contributed by atoms with Gasteiger partial charge in [-0.15, -0.1) is 0 Å².